The molecule has 396 valence electrons. The van der Waals surface area contributed by atoms with E-state index < -0.39 is 79.3 Å². The van der Waals surface area contributed by atoms with Crippen molar-refractivity contribution in [3.63, 3.8) is 0 Å². The lowest BCUT2D eigenvalue weighted by Crippen LogP contribution is -2.45. The predicted octanol–water partition coefficient (Wildman–Crippen LogP) is 11.4. The number of halogens is 2. The Morgan fingerprint density at radius 1 is 0.581 bits per heavy atom. The second-order valence-corrected chi connectivity index (χ2v) is 19.0. The Bertz CT molecular complexity index is 2610. The maximum absolute atomic E-state index is 16.1. The van der Waals surface area contributed by atoms with Crippen molar-refractivity contribution >= 4 is 35.8 Å². The van der Waals surface area contributed by atoms with Crippen molar-refractivity contribution < 1.29 is 70.7 Å². The van der Waals surface area contributed by atoms with E-state index in [1.54, 1.807) is 30.3 Å². The first kappa shape index (κ1) is 57.7. The largest absolute Gasteiger partial charge is 0.492 e. The molecule has 0 spiro atoms. The Hall–Kier alpha value is -7.16. The number of hydrogen-bond donors (Lipinski definition) is 0. The maximum Gasteiger partial charge on any atom is 0.417 e. The van der Waals surface area contributed by atoms with Gasteiger partial charge in [-0.1, -0.05) is 101 Å². The van der Waals surface area contributed by atoms with Crippen LogP contribution in [0.5, 0.6) is 5.75 Å². The van der Waals surface area contributed by atoms with Gasteiger partial charge in [0, 0.05) is 11.1 Å². The Kier molecular flexibility index (Phi) is 21.7. The van der Waals surface area contributed by atoms with Crippen LogP contribution in [0.4, 0.5) is 8.78 Å². The maximum atomic E-state index is 16.1. The molecule has 0 atom stereocenters. The Morgan fingerprint density at radius 2 is 1.12 bits per heavy atom. The molecule has 1 aliphatic carbocycles. The molecule has 1 saturated carbocycles. The molecule has 0 bridgehead atoms. The normalized spacial score (nSPS) is 14.3. The SMILES string of the molecule is C=C(C)C(=O)OCCCc1cc(-c2ccc(-c3c(F)cc(-c4ccc(C5CCC(CCCCC)CC5)cc4)cc3F)cc2CC)ccc1OCC(COC(=O)C(=C)C)(COC(=O)C(=O)OC)COC(=O)C(=O)OC. The second-order valence-electron chi connectivity index (χ2n) is 19.0. The van der Waals surface area contributed by atoms with Gasteiger partial charge in [0.15, 0.2) is 0 Å². The standard InChI is InChI=1S/C59H68F2O13/c1-9-11-12-14-39-16-18-41(19-17-39)42-20-22-43(23-21-42)47-31-49(60)52(50(61)32-47)46-24-26-48(40(10-2)29-46)44-25-27-51(45(30-44)15-13-28-70-53(62)37(3)4)71-33-59(34-72-54(63)38(5)6,35-73-57(66)55(64)68-7)36-74-58(67)56(65)69-8/h20-27,29-32,39,41H,3,5,9-19,28,33-36H2,1-2,4,6-8H3. The van der Waals surface area contributed by atoms with E-state index in [2.05, 4.69) is 41.7 Å². The molecule has 0 amide bonds. The van der Waals surface area contributed by atoms with E-state index in [1.807, 2.05) is 25.1 Å². The zero-order valence-electron chi connectivity index (χ0n) is 43.4. The quantitative estimate of drug-likeness (QED) is 0.0214. The zero-order valence-corrected chi connectivity index (χ0v) is 43.4. The van der Waals surface area contributed by atoms with Gasteiger partial charge in [-0.25, -0.2) is 37.5 Å². The molecule has 0 radical (unpaired) electrons. The van der Waals surface area contributed by atoms with E-state index in [0.29, 0.717) is 41.0 Å². The summed E-state index contributed by atoms with van der Waals surface area (Å²) in [4.78, 5) is 73.9. The molecule has 4 aromatic carbocycles. The van der Waals surface area contributed by atoms with Gasteiger partial charge in [0.2, 0.25) is 0 Å². The number of carbonyl (C=O) groups excluding carboxylic acids is 6. The summed E-state index contributed by atoms with van der Waals surface area (Å²) in [5, 5.41) is 0. The molecule has 0 aliphatic heterocycles. The lowest BCUT2D eigenvalue weighted by Gasteiger charge is -2.32. The summed E-state index contributed by atoms with van der Waals surface area (Å²) in [6, 6.07) is 21.3. The highest BCUT2D eigenvalue weighted by Gasteiger charge is 2.39. The number of rotatable bonds is 24. The van der Waals surface area contributed by atoms with Crippen LogP contribution in [-0.4, -0.2) is 83.1 Å². The van der Waals surface area contributed by atoms with Gasteiger partial charge in [0.1, 0.15) is 49.2 Å². The third kappa shape index (κ3) is 15.9. The summed E-state index contributed by atoms with van der Waals surface area (Å²) in [6.45, 7) is 11.7. The summed E-state index contributed by atoms with van der Waals surface area (Å²) >= 11 is 0. The molecule has 0 unspecified atom stereocenters. The van der Waals surface area contributed by atoms with Crippen LogP contribution in [-0.2, 0) is 70.0 Å². The fourth-order valence-corrected chi connectivity index (χ4v) is 8.93. The van der Waals surface area contributed by atoms with Crippen LogP contribution in [0.15, 0.2) is 97.1 Å². The first-order chi connectivity index (χ1) is 35.4. The smallest absolute Gasteiger partial charge is 0.417 e. The summed E-state index contributed by atoms with van der Waals surface area (Å²) in [5.41, 5.74) is 3.94. The molecule has 1 aliphatic rings. The van der Waals surface area contributed by atoms with Crippen molar-refractivity contribution in [1.82, 2.24) is 0 Å². The van der Waals surface area contributed by atoms with Crippen molar-refractivity contribution in [3.05, 3.63) is 125 Å². The van der Waals surface area contributed by atoms with Crippen molar-refractivity contribution in [3.8, 4) is 39.1 Å². The van der Waals surface area contributed by atoms with E-state index in [1.165, 1.54) is 70.1 Å². The molecule has 13 nitrogen and oxygen atoms in total. The third-order valence-corrected chi connectivity index (χ3v) is 13.3. The van der Waals surface area contributed by atoms with E-state index >= 15 is 8.78 Å². The highest BCUT2D eigenvalue weighted by molar-refractivity contribution is 6.30. The Balaban J connectivity index is 1.44. The van der Waals surface area contributed by atoms with Crippen LogP contribution in [0.1, 0.15) is 108 Å². The number of aryl methyl sites for hydroxylation is 2. The lowest BCUT2D eigenvalue weighted by atomic mass is 9.77. The summed E-state index contributed by atoms with van der Waals surface area (Å²) in [6.07, 6.45) is 11.0. The molecule has 0 N–H and O–H groups in total. The molecule has 15 heteroatoms. The minimum Gasteiger partial charge on any atom is -0.492 e. The van der Waals surface area contributed by atoms with Crippen LogP contribution < -0.4 is 4.74 Å². The number of methoxy groups -OCH3 is 2. The van der Waals surface area contributed by atoms with Gasteiger partial charge in [-0.15, -0.1) is 0 Å². The van der Waals surface area contributed by atoms with Crippen molar-refractivity contribution in [2.24, 2.45) is 11.3 Å². The molecular formula is C59H68F2O13. The highest BCUT2D eigenvalue weighted by Crippen LogP contribution is 2.40. The third-order valence-electron chi connectivity index (χ3n) is 13.3. The number of esters is 6. The summed E-state index contributed by atoms with van der Waals surface area (Å²) < 4.78 is 68.8. The van der Waals surface area contributed by atoms with Gasteiger partial charge in [-0.05, 0) is 139 Å². The number of ether oxygens (including phenoxy) is 7. The van der Waals surface area contributed by atoms with Crippen LogP contribution in [0.3, 0.4) is 0 Å². The first-order valence-electron chi connectivity index (χ1n) is 25.1. The molecule has 0 saturated heterocycles. The van der Waals surface area contributed by atoms with E-state index in [4.69, 9.17) is 23.7 Å². The van der Waals surface area contributed by atoms with Gasteiger partial charge >= 0.3 is 35.8 Å². The predicted molar refractivity (Wildman–Crippen MR) is 275 cm³/mol. The van der Waals surface area contributed by atoms with Crippen molar-refractivity contribution in [2.75, 3.05) is 47.3 Å². The van der Waals surface area contributed by atoms with E-state index in [0.717, 1.165) is 49.7 Å². The molecule has 74 heavy (non-hydrogen) atoms. The Morgan fingerprint density at radius 3 is 1.68 bits per heavy atom. The summed E-state index contributed by atoms with van der Waals surface area (Å²) in [7, 11) is 1.93. The average molecular weight is 1020 g/mol. The molecular weight excluding hydrogens is 955 g/mol. The van der Waals surface area contributed by atoms with Gasteiger partial charge in [0.05, 0.1) is 26.4 Å². The van der Waals surface area contributed by atoms with Crippen LogP contribution in [0.25, 0.3) is 33.4 Å². The van der Waals surface area contributed by atoms with Crippen molar-refractivity contribution in [2.45, 2.75) is 104 Å². The van der Waals surface area contributed by atoms with Crippen LogP contribution in [0, 0.1) is 23.0 Å². The monoisotopic (exact) mass is 1020 g/mol. The topological polar surface area (TPSA) is 167 Å². The molecule has 1 fully saturated rings. The minimum absolute atomic E-state index is 0.00672. The second kappa shape index (κ2) is 27.8. The number of carbonyl (C=O) groups is 6. The first-order valence-corrected chi connectivity index (χ1v) is 25.1. The number of unbranched alkanes of at least 4 members (excludes halogenated alkanes) is 2. The van der Waals surface area contributed by atoms with E-state index in [9.17, 15) is 28.8 Å². The molecule has 0 heterocycles. The molecule has 4 aromatic rings. The number of hydrogen-bond acceptors (Lipinski definition) is 13. The zero-order chi connectivity index (χ0) is 54.0. The molecule has 5 rings (SSSR count). The van der Waals surface area contributed by atoms with Gasteiger partial charge in [-0.3, -0.25) is 0 Å². The average Bonchev–Trinajstić information content (AvgIpc) is 3.40. The Labute approximate surface area is 432 Å². The van der Waals surface area contributed by atoms with Crippen molar-refractivity contribution in [1.29, 1.82) is 0 Å². The van der Waals surface area contributed by atoms with Crippen LogP contribution >= 0.6 is 0 Å². The van der Waals surface area contributed by atoms with Gasteiger partial charge in [-0.2, -0.15) is 0 Å². The molecule has 0 aromatic heterocycles. The minimum atomic E-state index is -1.75. The fraction of sp³-hybridized carbons (Fsp3) is 0.424. The van der Waals surface area contributed by atoms with E-state index in [-0.39, 0.29) is 35.5 Å². The lowest BCUT2D eigenvalue weighted by molar-refractivity contribution is -0.177. The highest BCUT2D eigenvalue weighted by atomic mass is 19.1. The van der Waals surface area contributed by atoms with Gasteiger partial charge < -0.3 is 33.2 Å². The number of benzene rings is 4. The fourth-order valence-electron chi connectivity index (χ4n) is 8.93. The summed E-state index contributed by atoms with van der Waals surface area (Å²) in [5.74, 6) is -6.80. The van der Waals surface area contributed by atoms with Gasteiger partial charge in [0.25, 0.3) is 0 Å². The van der Waals surface area contributed by atoms with Crippen LogP contribution in [0.2, 0.25) is 0 Å².